The number of aliphatic carboxylic acids is 1. The van der Waals surface area contributed by atoms with E-state index in [1.165, 1.54) is 14.0 Å². The number of unbranched alkanes of at least 4 members (excludes halogenated alkanes) is 1. The SMILES string of the molecule is COC(=O)CCCC[C@H](SC(C)=O)C(=O)O. The van der Waals surface area contributed by atoms with Crippen LogP contribution < -0.4 is 0 Å². The van der Waals surface area contributed by atoms with Crippen LogP contribution in [0.25, 0.3) is 0 Å². The van der Waals surface area contributed by atoms with Crippen molar-refractivity contribution in [3.63, 3.8) is 0 Å². The summed E-state index contributed by atoms with van der Waals surface area (Å²) in [5, 5.41) is 7.89. The summed E-state index contributed by atoms with van der Waals surface area (Å²) < 4.78 is 4.45. The Balaban J connectivity index is 3.81. The molecule has 0 aromatic heterocycles. The fourth-order valence-electron chi connectivity index (χ4n) is 1.13. The standard InChI is InChI=1S/C10H16O5S/c1-7(11)16-8(10(13)14)5-3-4-6-9(12)15-2/h8H,3-6H2,1-2H3,(H,13,14)/t8-/m0/s1. The van der Waals surface area contributed by atoms with Crippen molar-refractivity contribution in [3.8, 4) is 0 Å². The Kier molecular flexibility index (Phi) is 7.62. The van der Waals surface area contributed by atoms with Gasteiger partial charge in [-0.05, 0) is 12.8 Å². The van der Waals surface area contributed by atoms with E-state index in [2.05, 4.69) is 4.74 Å². The van der Waals surface area contributed by atoms with Gasteiger partial charge < -0.3 is 9.84 Å². The van der Waals surface area contributed by atoms with Crippen LogP contribution in [0.5, 0.6) is 0 Å². The van der Waals surface area contributed by atoms with Crippen LogP contribution in [-0.4, -0.2) is 34.5 Å². The molecular formula is C10H16O5S. The summed E-state index contributed by atoms with van der Waals surface area (Å²) in [5.41, 5.74) is 0. The number of carboxylic acid groups (broad SMARTS) is 1. The normalized spacial score (nSPS) is 11.9. The topological polar surface area (TPSA) is 80.7 Å². The molecule has 16 heavy (non-hydrogen) atoms. The van der Waals surface area contributed by atoms with Gasteiger partial charge in [0.1, 0.15) is 5.25 Å². The molecule has 5 nitrogen and oxygen atoms in total. The molecule has 0 aliphatic carbocycles. The molecule has 0 aliphatic rings. The Morgan fingerprint density at radius 2 is 1.94 bits per heavy atom. The average Bonchev–Trinajstić information content (AvgIpc) is 2.21. The molecule has 0 saturated heterocycles. The van der Waals surface area contributed by atoms with Crippen molar-refractivity contribution < 1.29 is 24.2 Å². The third kappa shape index (κ3) is 7.28. The number of carbonyl (C=O) groups excluding carboxylic acids is 2. The first-order valence-corrected chi connectivity index (χ1v) is 5.82. The van der Waals surface area contributed by atoms with Gasteiger partial charge in [0, 0.05) is 13.3 Å². The van der Waals surface area contributed by atoms with Gasteiger partial charge in [-0.15, -0.1) is 0 Å². The summed E-state index contributed by atoms with van der Waals surface area (Å²) in [6.45, 7) is 1.34. The third-order valence-corrected chi connectivity index (χ3v) is 2.96. The van der Waals surface area contributed by atoms with Gasteiger partial charge >= 0.3 is 11.9 Å². The Morgan fingerprint density at radius 3 is 2.38 bits per heavy atom. The van der Waals surface area contributed by atoms with Crippen molar-refractivity contribution in [1.29, 1.82) is 0 Å². The van der Waals surface area contributed by atoms with E-state index in [0.717, 1.165) is 11.8 Å². The van der Waals surface area contributed by atoms with E-state index in [9.17, 15) is 14.4 Å². The molecule has 6 heteroatoms. The minimum atomic E-state index is -0.988. The summed E-state index contributed by atoms with van der Waals surface area (Å²) >= 11 is 0.818. The van der Waals surface area contributed by atoms with Crippen LogP contribution in [0.4, 0.5) is 0 Å². The second-order valence-corrected chi connectivity index (χ2v) is 4.64. The molecule has 0 rings (SSSR count). The van der Waals surface area contributed by atoms with Crippen molar-refractivity contribution in [2.24, 2.45) is 0 Å². The first-order chi connectivity index (χ1) is 7.47. The Bertz CT molecular complexity index is 264. The number of carboxylic acids is 1. The van der Waals surface area contributed by atoms with Crippen LogP contribution in [0, 0.1) is 0 Å². The second-order valence-electron chi connectivity index (χ2n) is 3.26. The van der Waals surface area contributed by atoms with Crippen molar-refractivity contribution in [1.82, 2.24) is 0 Å². The molecule has 1 N–H and O–H groups in total. The van der Waals surface area contributed by atoms with Gasteiger partial charge in [0.05, 0.1) is 7.11 Å². The van der Waals surface area contributed by atoms with Crippen LogP contribution >= 0.6 is 11.8 Å². The Hall–Kier alpha value is -1.04. The lowest BCUT2D eigenvalue weighted by molar-refractivity contribution is -0.140. The molecule has 0 heterocycles. The lowest BCUT2D eigenvalue weighted by Crippen LogP contribution is -2.17. The molecule has 0 amide bonds. The fourth-order valence-corrected chi connectivity index (χ4v) is 1.92. The van der Waals surface area contributed by atoms with E-state index in [1.807, 2.05) is 0 Å². The van der Waals surface area contributed by atoms with Crippen LogP contribution in [-0.2, 0) is 19.1 Å². The molecule has 0 bridgehead atoms. The molecule has 0 aromatic carbocycles. The molecule has 0 saturated carbocycles. The molecule has 0 aliphatic heterocycles. The largest absolute Gasteiger partial charge is 0.480 e. The van der Waals surface area contributed by atoms with E-state index < -0.39 is 11.2 Å². The Labute approximate surface area is 98.5 Å². The maximum atomic E-state index is 10.8. The first-order valence-electron chi connectivity index (χ1n) is 4.94. The number of methoxy groups -OCH3 is 1. The number of carbonyl (C=O) groups is 3. The van der Waals surface area contributed by atoms with E-state index in [0.29, 0.717) is 19.3 Å². The molecule has 0 spiro atoms. The number of hydrogen-bond acceptors (Lipinski definition) is 5. The average molecular weight is 248 g/mol. The number of ether oxygens (including phenoxy) is 1. The molecular weight excluding hydrogens is 232 g/mol. The van der Waals surface area contributed by atoms with Crippen LogP contribution in [0.1, 0.15) is 32.6 Å². The molecule has 92 valence electrons. The highest BCUT2D eigenvalue weighted by Gasteiger charge is 2.19. The van der Waals surface area contributed by atoms with Gasteiger partial charge in [0.15, 0.2) is 5.12 Å². The molecule has 0 unspecified atom stereocenters. The first kappa shape index (κ1) is 15.0. The summed E-state index contributed by atoms with van der Waals surface area (Å²) in [6.07, 6.45) is 1.84. The van der Waals surface area contributed by atoms with Crippen molar-refractivity contribution in [2.45, 2.75) is 37.9 Å². The lowest BCUT2D eigenvalue weighted by Gasteiger charge is -2.08. The van der Waals surface area contributed by atoms with Gasteiger partial charge in [-0.3, -0.25) is 14.4 Å². The number of esters is 1. The molecule has 0 aromatic rings. The van der Waals surface area contributed by atoms with E-state index in [4.69, 9.17) is 5.11 Å². The number of rotatable bonds is 7. The second kappa shape index (κ2) is 8.15. The third-order valence-electron chi connectivity index (χ3n) is 1.91. The smallest absolute Gasteiger partial charge is 0.317 e. The minimum absolute atomic E-state index is 0.208. The van der Waals surface area contributed by atoms with Crippen molar-refractivity contribution in [2.75, 3.05) is 7.11 Å². The van der Waals surface area contributed by atoms with Crippen LogP contribution in [0.3, 0.4) is 0 Å². The van der Waals surface area contributed by atoms with Crippen LogP contribution in [0.15, 0.2) is 0 Å². The van der Waals surface area contributed by atoms with E-state index >= 15 is 0 Å². The monoisotopic (exact) mass is 248 g/mol. The van der Waals surface area contributed by atoms with Gasteiger partial charge in [0.2, 0.25) is 0 Å². The number of thioether (sulfide) groups is 1. The highest BCUT2D eigenvalue weighted by Crippen LogP contribution is 2.19. The zero-order valence-corrected chi connectivity index (χ0v) is 10.2. The van der Waals surface area contributed by atoms with Gasteiger partial charge in [-0.2, -0.15) is 0 Å². The predicted octanol–water partition coefficient (Wildman–Crippen LogP) is 1.45. The zero-order chi connectivity index (χ0) is 12.6. The zero-order valence-electron chi connectivity index (χ0n) is 9.39. The highest BCUT2D eigenvalue weighted by molar-refractivity contribution is 8.14. The fraction of sp³-hybridized carbons (Fsp3) is 0.700. The van der Waals surface area contributed by atoms with Gasteiger partial charge in [0.25, 0.3) is 0 Å². The molecule has 0 fully saturated rings. The van der Waals surface area contributed by atoms with E-state index in [1.54, 1.807) is 0 Å². The van der Waals surface area contributed by atoms with Crippen LogP contribution in [0.2, 0.25) is 0 Å². The number of hydrogen-bond donors (Lipinski definition) is 1. The molecule has 0 radical (unpaired) electrons. The maximum absolute atomic E-state index is 10.8. The summed E-state index contributed by atoms with van der Waals surface area (Å²) in [7, 11) is 1.31. The lowest BCUT2D eigenvalue weighted by atomic mass is 10.1. The van der Waals surface area contributed by atoms with Gasteiger partial charge in [-0.1, -0.05) is 18.2 Å². The van der Waals surface area contributed by atoms with Gasteiger partial charge in [-0.25, -0.2) is 0 Å². The summed E-state index contributed by atoms with van der Waals surface area (Å²) in [6, 6.07) is 0. The van der Waals surface area contributed by atoms with Crippen molar-refractivity contribution >= 4 is 28.8 Å². The predicted molar refractivity (Wildman–Crippen MR) is 60.2 cm³/mol. The maximum Gasteiger partial charge on any atom is 0.317 e. The van der Waals surface area contributed by atoms with Crippen molar-refractivity contribution in [3.05, 3.63) is 0 Å². The quantitative estimate of drug-likeness (QED) is 0.542. The van der Waals surface area contributed by atoms with E-state index in [-0.39, 0.29) is 17.5 Å². The summed E-state index contributed by atoms with van der Waals surface area (Å²) in [4.78, 5) is 32.3. The highest BCUT2D eigenvalue weighted by atomic mass is 32.2. The molecule has 1 atom stereocenters. The summed E-state index contributed by atoms with van der Waals surface area (Å²) in [5.74, 6) is -1.29. The minimum Gasteiger partial charge on any atom is -0.480 e. The Morgan fingerprint density at radius 1 is 1.31 bits per heavy atom.